The summed E-state index contributed by atoms with van der Waals surface area (Å²) in [6, 6.07) is 5.71. The molecular weight excluding hydrogens is 162 g/mol. The van der Waals surface area contributed by atoms with Crippen LogP contribution in [0.25, 0.3) is 0 Å². The SMILES string of the molecule is O=Cc1cccc(C2CCCC2)n1. The van der Waals surface area contributed by atoms with Crippen LogP contribution in [0.5, 0.6) is 0 Å². The van der Waals surface area contributed by atoms with Gasteiger partial charge in [0.15, 0.2) is 6.29 Å². The predicted molar refractivity (Wildman–Crippen MR) is 50.8 cm³/mol. The molecule has 0 aromatic carbocycles. The molecule has 0 N–H and O–H groups in total. The fraction of sp³-hybridized carbons (Fsp3) is 0.455. The van der Waals surface area contributed by atoms with Crippen LogP contribution in [-0.2, 0) is 0 Å². The molecule has 0 aliphatic heterocycles. The molecule has 0 bridgehead atoms. The van der Waals surface area contributed by atoms with E-state index in [1.54, 1.807) is 6.07 Å². The van der Waals surface area contributed by atoms with Crippen LogP contribution in [-0.4, -0.2) is 11.3 Å². The third-order valence-electron chi connectivity index (χ3n) is 2.69. The summed E-state index contributed by atoms with van der Waals surface area (Å²) < 4.78 is 0. The van der Waals surface area contributed by atoms with E-state index < -0.39 is 0 Å². The van der Waals surface area contributed by atoms with E-state index in [9.17, 15) is 4.79 Å². The van der Waals surface area contributed by atoms with Crippen LogP contribution in [0.15, 0.2) is 18.2 Å². The number of aromatic nitrogens is 1. The van der Waals surface area contributed by atoms with Crippen molar-refractivity contribution in [1.29, 1.82) is 0 Å². The van der Waals surface area contributed by atoms with Gasteiger partial charge in [-0.05, 0) is 25.0 Å². The highest BCUT2D eigenvalue weighted by molar-refractivity contribution is 5.71. The first-order chi connectivity index (χ1) is 6.40. The van der Waals surface area contributed by atoms with Gasteiger partial charge in [0.2, 0.25) is 0 Å². The Morgan fingerprint density at radius 2 is 2.08 bits per heavy atom. The van der Waals surface area contributed by atoms with Crippen molar-refractivity contribution in [2.75, 3.05) is 0 Å². The molecule has 1 aromatic rings. The molecule has 1 aromatic heterocycles. The van der Waals surface area contributed by atoms with Gasteiger partial charge in [0.05, 0.1) is 0 Å². The van der Waals surface area contributed by atoms with Gasteiger partial charge in [-0.25, -0.2) is 4.98 Å². The van der Waals surface area contributed by atoms with E-state index in [0.717, 1.165) is 12.0 Å². The van der Waals surface area contributed by atoms with E-state index in [2.05, 4.69) is 4.98 Å². The maximum Gasteiger partial charge on any atom is 0.168 e. The van der Waals surface area contributed by atoms with Crippen LogP contribution in [0.3, 0.4) is 0 Å². The van der Waals surface area contributed by atoms with Crippen molar-refractivity contribution in [2.45, 2.75) is 31.6 Å². The van der Waals surface area contributed by atoms with Crippen LogP contribution in [0.2, 0.25) is 0 Å². The molecule has 1 aliphatic rings. The molecule has 68 valence electrons. The third kappa shape index (κ3) is 1.77. The largest absolute Gasteiger partial charge is 0.296 e. The van der Waals surface area contributed by atoms with Gasteiger partial charge in [-0.15, -0.1) is 0 Å². The van der Waals surface area contributed by atoms with Crippen LogP contribution in [0, 0.1) is 0 Å². The minimum absolute atomic E-state index is 0.560. The Bertz CT molecular complexity index is 303. The van der Waals surface area contributed by atoms with Gasteiger partial charge < -0.3 is 0 Å². The zero-order chi connectivity index (χ0) is 9.10. The molecule has 1 fully saturated rings. The highest BCUT2D eigenvalue weighted by Crippen LogP contribution is 2.32. The van der Waals surface area contributed by atoms with E-state index in [4.69, 9.17) is 0 Å². The summed E-state index contributed by atoms with van der Waals surface area (Å²) in [7, 11) is 0. The fourth-order valence-corrected chi connectivity index (χ4v) is 1.98. The molecule has 1 aliphatic carbocycles. The maximum atomic E-state index is 10.5. The van der Waals surface area contributed by atoms with Crippen LogP contribution in [0.4, 0.5) is 0 Å². The highest BCUT2D eigenvalue weighted by Gasteiger charge is 2.17. The van der Waals surface area contributed by atoms with E-state index in [1.807, 2.05) is 12.1 Å². The van der Waals surface area contributed by atoms with Crippen molar-refractivity contribution in [2.24, 2.45) is 0 Å². The van der Waals surface area contributed by atoms with Crippen molar-refractivity contribution >= 4 is 6.29 Å². The minimum atomic E-state index is 0.560. The van der Waals surface area contributed by atoms with Crippen molar-refractivity contribution in [3.63, 3.8) is 0 Å². The summed E-state index contributed by atoms with van der Waals surface area (Å²) in [4.78, 5) is 14.8. The maximum absolute atomic E-state index is 10.5. The van der Waals surface area contributed by atoms with Crippen molar-refractivity contribution in [3.05, 3.63) is 29.6 Å². The first-order valence-electron chi connectivity index (χ1n) is 4.82. The molecule has 0 atom stereocenters. The molecule has 0 saturated heterocycles. The number of rotatable bonds is 2. The summed E-state index contributed by atoms with van der Waals surface area (Å²) in [5, 5.41) is 0. The molecule has 1 saturated carbocycles. The Morgan fingerprint density at radius 3 is 2.77 bits per heavy atom. The van der Waals surface area contributed by atoms with Gasteiger partial charge in [0.1, 0.15) is 5.69 Å². The first kappa shape index (κ1) is 8.42. The standard InChI is InChI=1S/C11H13NO/c13-8-10-6-3-7-11(12-10)9-4-1-2-5-9/h3,6-9H,1-2,4-5H2. The third-order valence-corrected chi connectivity index (χ3v) is 2.69. The minimum Gasteiger partial charge on any atom is -0.296 e. The molecule has 2 heteroatoms. The first-order valence-corrected chi connectivity index (χ1v) is 4.82. The zero-order valence-corrected chi connectivity index (χ0v) is 7.57. The van der Waals surface area contributed by atoms with E-state index in [-0.39, 0.29) is 0 Å². The molecule has 0 spiro atoms. The number of carbonyl (C=O) groups is 1. The average molecular weight is 175 g/mol. The Hall–Kier alpha value is -1.18. The number of aldehydes is 1. The fourth-order valence-electron chi connectivity index (χ4n) is 1.98. The van der Waals surface area contributed by atoms with Crippen LogP contribution in [0.1, 0.15) is 47.8 Å². The summed E-state index contributed by atoms with van der Waals surface area (Å²) in [6.45, 7) is 0. The van der Waals surface area contributed by atoms with Crippen LogP contribution >= 0.6 is 0 Å². The highest BCUT2D eigenvalue weighted by atomic mass is 16.1. The monoisotopic (exact) mass is 175 g/mol. The zero-order valence-electron chi connectivity index (χ0n) is 7.57. The van der Waals surface area contributed by atoms with E-state index in [1.165, 1.54) is 25.7 Å². The molecule has 0 amide bonds. The summed E-state index contributed by atoms with van der Waals surface area (Å²) in [5.41, 5.74) is 1.66. The second-order valence-electron chi connectivity index (χ2n) is 3.59. The second-order valence-corrected chi connectivity index (χ2v) is 3.59. The van der Waals surface area contributed by atoms with Crippen molar-refractivity contribution < 1.29 is 4.79 Å². The van der Waals surface area contributed by atoms with Gasteiger partial charge >= 0.3 is 0 Å². The average Bonchev–Trinajstić information content (AvgIpc) is 2.71. The Morgan fingerprint density at radius 1 is 1.31 bits per heavy atom. The number of nitrogens with zero attached hydrogens (tertiary/aromatic N) is 1. The number of hydrogen-bond acceptors (Lipinski definition) is 2. The molecule has 13 heavy (non-hydrogen) atoms. The van der Waals surface area contributed by atoms with Gasteiger partial charge in [-0.1, -0.05) is 18.9 Å². The lowest BCUT2D eigenvalue weighted by molar-refractivity contribution is 0.111. The Balaban J connectivity index is 2.23. The van der Waals surface area contributed by atoms with Gasteiger partial charge in [0, 0.05) is 11.6 Å². The molecule has 1 heterocycles. The van der Waals surface area contributed by atoms with Crippen molar-refractivity contribution in [1.82, 2.24) is 4.98 Å². The molecule has 0 radical (unpaired) electrons. The predicted octanol–water partition coefficient (Wildman–Crippen LogP) is 2.55. The smallest absolute Gasteiger partial charge is 0.168 e. The van der Waals surface area contributed by atoms with E-state index >= 15 is 0 Å². The molecule has 2 rings (SSSR count). The number of pyridine rings is 1. The Labute approximate surface area is 78.0 Å². The number of carbonyl (C=O) groups excluding carboxylic acids is 1. The molecule has 2 nitrogen and oxygen atoms in total. The van der Waals surface area contributed by atoms with E-state index in [0.29, 0.717) is 11.6 Å². The van der Waals surface area contributed by atoms with Gasteiger partial charge in [-0.3, -0.25) is 4.79 Å². The van der Waals surface area contributed by atoms with Crippen LogP contribution < -0.4 is 0 Å². The summed E-state index contributed by atoms with van der Waals surface area (Å²) in [5.74, 6) is 0.597. The number of hydrogen-bond donors (Lipinski definition) is 0. The molecular formula is C11H13NO. The van der Waals surface area contributed by atoms with Gasteiger partial charge in [0.25, 0.3) is 0 Å². The van der Waals surface area contributed by atoms with Crippen molar-refractivity contribution in [3.8, 4) is 0 Å². The Kier molecular flexibility index (Phi) is 2.39. The summed E-state index contributed by atoms with van der Waals surface area (Å²) in [6.07, 6.45) is 5.89. The lowest BCUT2D eigenvalue weighted by Gasteiger charge is -2.07. The normalized spacial score (nSPS) is 17.5. The summed E-state index contributed by atoms with van der Waals surface area (Å²) >= 11 is 0. The van der Waals surface area contributed by atoms with Gasteiger partial charge in [-0.2, -0.15) is 0 Å². The second kappa shape index (κ2) is 3.69. The lowest BCUT2D eigenvalue weighted by Crippen LogP contribution is -1.98. The lowest BCUT2D eigenvalue weighted by atomic mass is 10.0. The topological polar surface area (TPSA) is 30.0 Å². The molecule has 0 unspecified atom stereocenters. The quantitative estimate of drug-likeness (QED) is 0.646.